The number of fused-ring (bicyclic) bond motifs is 1. The lowest BCUT2D eigenvalue weighted by molar-refractivity contribution is -0.123. The summed E-state index contributed by atoms with van der Waals surface area (Å²) in [6.07, 6.45) is 1.93. The topological polar surface area (TPSA) is 89.6 Å². The highest BCUT2D eigenvalue weighted by Crippen LogP contribution is 2.36. The van der Waals surface area contributed by atoms with Gasteiger partial charge in [-0.25, -0.2) is 4.90 Å². The number of nitrogens with zero attached hydrogens (tertiary/aromatic N) is 2. The first-order valence-electron chi connectivity index (χ1n) is 11.1. The quantitative estimate of drug-likeness (QED) is 0.668. The molecular weight excluding hydrogens is 426 g/mol. The Morgan fingerprint density at radius 2 is 1.64 bits per heavy atom. The molecule has 9 heteroatoms. The van der Waals surface area contributed by atoms with Gasteiger partial charge in [0.2, 0.25) is 12.7 Å². The van der Waals surface area contributed by atoms with Gasteiger partial charge in [0.1, 0.15) is 11.5 Å². The average molecular weight is 453 g/mol. The van der Waals surface area contributed by atoms with Crippen molar-refractivity contribution in [3.63, 3.8) is 0 Å². The number of carbonyl (C=O) groups excluding carboxylic acids is 2. The molecule has 0 unspecified atom stereocenters. The van der Waals surface area contributed by atoms with E-state index in [-0.39, 0.29) is 31.1 Å². The zero-order valence-corrected chi connectivity index (χ0v) is 18.7. The summed E-state index contributed by atoms with van der Waals surface area (Å²) in [5, 5.41) is 3.55. The molecule has 174 valence electrons. The second-order valence-electron chi connectivity index (χ2n) is 8.38. The molecule has 3 aliphatic rings. The Kier molecular flexibility index (Phi) is 5.72. The Labute approximate surface area is 192 Å². The number of hydrogen-bond acceptors (Lipinski definition) is 8. The Morgan fingerprint density at radius 3 is 2.33 bits per heavy atom. The third-order valence-corrected chi connectivity index (χ3v) is 6.43. The fraction of sp³-hybridized carbons (Fsp3) is 0.417. The summed E-state index contributed by atoms with van der Waals surface area (Å²) in [5.74, 6) is 2.17. The molecule has 3 aliphatic heterocycles. The molecular formula is C24H27N3O6. The zero-order chi connectivity index (χ0) is 22.9. The van der Waals surface area contributed by atoms with Gasteiger partial charge in [-0.1, -0.05) is 0 Å². The number of imide groups is 1. The molecule has 2 saturated heterocycles. The number of hydrogen-bond donors (Lipinski definition) is 1. The van der Waals surface area contributed by atoms with Crippen molar-refractivity contribution in [3.8, 4) is 23.0 Å². The Morgan fingerprint density at radius 1 is 0.939 bits per heavy atom. The van der Waals surface area contributed by atoms with E-state index in [1.807, 2.05) is 18.2 Å². The van der Waals surface area contributed by atoms with Crippen LogP contribution in [0.25, 0.3) is 0 Å². The maximum absolute atomic E-state index is 13.2. The molecule has 33 heavy (non-hydrogen) atoms. The van der Waals surface area contributed by atoms with E-state index in [2.05, 4.69) is 10.2 Å². The molecule has 0 bridgehead atoms. The SMILES string of the molecule is COc1cc(OC)cc(N2C(=O)C[C@@H](N3CCC(Nc4ccc5c(c4)OCO5)CC3)C2=O)c1. The fourth-order valence-corrected chi connectivity index (χ4v) is 4.67. The van der Waals surface area contributed by atoms with Crippen molar-refractivity contribution < 1.29 is 28.5 Å². The molecule has 0 saturated carbocycles. The summed E-state index contributed by atoms with van der Waals surface area (Å²) in [4.78, 5) is 29.4. The molecule has 5 rings (SSSR count). The predicted octanol–water partition coefficient (Wildman–Crippen LogP) is 2.64. The smallest absolute Gasteiger partial charge is 0.251 e. The first-order valence-corrected chi connectivity index (χ1v) is 11.1. The van der Waals surface area contributed by atoms with Gasteiger partial charge >= 0.3 is 0 Å². The van der Waals surface area contributed by atoms with Gasteiger partial charge in [-0.15, -0.1) is 0 Å². The summed E-state index contributed by atoms with van der Waals surface area (Å²) in [7, 11) is 3.08. The van der Waals surface area contributed by atoms with Gasteiger partial charge in [-0.05, 0) is 25.0 Å². The summed E-state index contributed by atoms with van der Waals surface area (Å²) >= 11 is 0. The zero-order valence-electron chi connectivity index (χ0n) is 18.7. The number of methoxy groups -OCH3 is 2. The van der Waals surface area contributed by atoms with Crippen molar-refractivity contribution in [2.75, 3.05) is 44.3 Å². The lowest BCUT2D eigenvalue weighted by Crippen LogP contribution is -2.48. The van der Waals surface area contributed by atoms with Crippen LogP contribution >= 0.6 is 0 Å². The van der Waals surface area contributed by atoms with Crippen LogP contribution in [0.15, 0.2) is 36.4 Å². The molecule has 3 heterocycles. The lowest BCUT2D eigenvalue weighted by atomic mass is 10.0. The van der Waals surface area contributed by atoms with Crippen LogP contribution in [-0.4, -0.2) is 62.9 Å². The lowest BCUT2D eigenvalue weighted by Gasteiger charge is -2.35. The summed E-state index contributed by atoms with van der Waals surface area (Å²) in [5.41, 5.74) is 1.46. The van der Waals surface area contributed by atoms with Crippen molar-refractivity contribution in [3.05, 3.63) is 36.4 Å². The van der Waals surface area contributed by atoms with E-state index >= 15 is 0 Å². The van der Waals surface area contributed by atoms with Crippen LogP contribution in [0, 0.1) is 0 Å². The molecule has 1 N–H and O–H groups in total. The number of rotatable bonds is 6. The van der Waals surface area contributed by atoms with Gasteiger partial charge in [-0.3, -0.25) is 14.5 Å². The number of nitrogens with one attached hydrogen (secondary N) is 1. The number of carbonyl (C=O) groups is 2. The summed E-state index contributed by atoms with van der Waals surface area (Å²) in [6, 6.07) is 10.8. The van der Waals surface area contributed by atoms with Gasteiger partial charge < -0.3 is 24.3 Å². The third kappa shape index (κ3) is 4.16. The number of likely N-dealkylation sites (tertiary alicyclic amines) is 1. The van der Waals surface area contributed by atoms with Crippen molar-refractivity contribution in [2.45, 2.75) is 31.3 Å². The van der Waals surface area contributed by atoms with E-state index in [1.165, 1.54) is 19.1 Å². The van der Waals surface area contributed by atoms with E-state index in [0.717, 1.165) is 43.1 Å². The van der Waals surface area contributed by atoms with Crippen molar-refractivity contribution >= 4 is 23.2 Å². The molecule has 2 fully saturated rings. The van der Waals surface area contributed by atoms with Crippen molar-refractivity contribution in [1.82, 2.24) is 4.90 Å². The first-order chi connectivity index (χ1) is 16.1. The maximum Gasteiger partial charge on any atom is 0.251 e. The Hall–Kier alpha value is -3.46. The second kappa shape index (κ2) is 8.82. The summed E-state index contributed by atoms with van der Waals surface area (Å²) in [6.45, 7) is 1.73. The van der Waals surface area contributed by atoms with Gasteiger partial charge in [0.15, 0.2) is 11.5 Å². The van der Waals surface area contributed by atoms with Crippen molar-refractivity contribution in [1.29, 1.82) is 0 Å². The van der Waals surface area contributed by atoms with Crippen LogP contribution in [0.4, 0.5) is 11.4 Å². The second-order valence-corrected chi connectivity index (χ2v) is 8.38. The van der Waals surface area contributed by atoms with Crippen LogP contribution in [0.1, 0.15) is 19.3 Å². The number of piperidine rings is 1. The minimum Gasteiger partial charge on any atom is -0.497 e. The molecule has 0 radical (unpaired) electrons. The van der Waals surface area contributed by atoms with E-state index in [0.29, 0.717) is 17.2 Å². The predicted molar refractivity (Wildman–Crippen MR) is 121 cm³/mol. The molecule has 9 nitrogen and oxygen atoms in total. The normalized spacial score (nSPS) is 20.9. The Balaban J connectivity index is 1.22. The minimum absolute atomic E-state index is 0.179. The molecule has 1 atom stereocenters. The van der Waals surface area contributed by atoms with Crippen LogP contribution in [0.2, 0.25) is 0 Å². The van der Waals surface area contributed by atoms with Gasteiger partial charge in [-0.2, -0.15) is 0 Å². The monoisotopic (exact) mass is 453 g/mol. The summed E-state index contributed by atoms with van der Waals surface area (Å²) < 4.78 is 21.4. The molecule has 2 aromatic rings. The molecule has 2 amide bonds. The Bertz CT molecular complexity index is 1040. The number of benzene rings is 2. The van der Waals surface area contributed by atoms with Crippen LogP contribution in [-0.2, 0) is 9.59 Å². The first kappa shape index (κ1) is 21.4. The minimum atomic E-state index is -0.443. The van der Waals surface area contributed by atoms with E-state index in [1.54, 1.807) is 18.2 Å². The molecule has 0 aliphatic carbocycles. The molecule has 0 aromatic heterocycles. The fourth-order valence-electron chi connectivity index (χ4n) is 4.67. The molecule has 0 spiro atoms. The standard InChI is InChI=1S/C24H27N3O6/c1-30-18-10-17(11-19(12-18)31-2)27-23(28)13-20(24(27)29)26-7-5-15(6-8-26)25-16-3-4-21-22(9-16)33-14-32-21/h3-4,9-12,15,20,25H,5-8,13-14H2,1-2H3/t20-/m1/s1. The van der Waals surface area contributed by atoms with Crippen LogP contribution in [0.5, 0.6) is 23.0 Å². The molecule has 2 aromatic carbocycles. The highest BCUT2D eigenvalue weighted by atomic mass is 16.7. The van der Waals surface area contributed by atoms with E-state index < -0.39 is 6.04 Å². The maximum atomic E-state index is 13.2. The van der Waals surface area contributed by atoms with Crippen LogP contribution in [0.3, 0.4) is 0 Å². The van der Waals surface area contributed by atoms with E-state index in [4.69, 9.17) is 18.9 Å². The largest absolute Gasteiger partial charge is 0.497 e. The number of anilines is 2. The van der Waals surface area contributed by atoms with Gasteiger partial charge in [0.25, 0.3) is 5.91 Å². The van der Waals surface area contributed by atoms with Gasteiger partial charge in [0.05, 0.1) is 32.4 Å². The highest BCUT2D eigenvalue weighted by molar-refractivity contribution is 6.22. The number of ether oxygens (including phenoxy) is 4. The average Bonchev–Trinajstić information content (AvgIpc) is 3.42. The van der Waals surface area contributed by atoms with E-state index in [9.17, 15) is 9.59 Å². The number of amides is 2. The third-order valence-electron chi connectivity index (χ3n) is 6.43. The van der Waals surface area contributed by atoms with Crippen LogP contribution < -0.4 is 29.2 Å². The van der Waals surface area contributed by atoms with Gasteiger partial charge in [0, 0.05) is 49.1 Å². The van der Waals surface area contributed by atoms with Crippen molar-refractivity contribution in [2.24, 2.45) is 0 Å². The highest BCUT2D eigenvalue weighted by Gasteiger charge is 2.43.